The maximum Gasteiger partial charge on any atom is 0.137 e. The van der Waals surface area contributed by atoms with Crippen LogP contribution in [0.2, 0.25) is 0 Å². The minimum atomic E-state index is -0.517. The molecule has 2 aliphatic carbocycles. The van der Waals surface area contributed by atoms with Crippen LogP contribution >= 0.6 is 0 Å². The van der Waals surface area contributed by atoms with Gasteiger partial charge in [-0.3, -0.25) is 0 Å². The molecule has 0 saturated carbocycles. The number of nitrogens with zero attached hydrogens (tertiary/aromatic N) is 1. The van der Waals surface area contributed by atoms with E-state index in [2.05, 4.69) is 181 Å². The van der Waals surface area contributed by atoms with Crippen LogP contribution in [0.4, 0.5) is 17.1 Å². The maximum absolute atomic E-state index is 6.44. The molecule has 1 spiro atoms. The van der Waals surface area contributed by atoms with Crippen molar-refractivity contribution in [3.63, 3.8) is 0 Å². The number of benzene rings is 9. The summed E-state index contributed by atoms with van der Waals surface area (Å²) in [5, 5.41) is 7.37. The molecule has 0 amide bonds. The van der Waals surface area contributed by atoms with E-state index in [1.54, 1.807) is 0 Å². The van der Waals surface area contributed by atoms with E-state index in [0.29, 0.717) is 0 Å². The van der Waals surface area contributed by atoms with E-state index in [9.17, 15) is 0 Å². The number of furan rings is 1. The summed E-state index contributed by atoms with van der Waals surface area (Å²) in [5.41, 5.74) is 15.0. The van der Waals surface area contributed by atoms with Crippen molar-refractivity contribution in [2.24, 2.45) is 0 Å². The summed E-state index contributed by atoms with van der Waals surface area (Å²) in [6.07, 6.45) is 0. The molecule has 0 saturated heterocycles. The lowest BCUT2D eigenvalue weighted by Crippen LogP contribution is -2.36. The van der Waals surface area contributed by atoms with Gasteiger partial charge in [-0.15, -0.1) is 0 Å². The van der Waals surface area contributed by atoms with Crippen molar-refractivity contribution in [1.29, 1.82) is 0 Å². The standard InChI is InChI=1S/C51H31NO/c1-2-15-33(16-3-1)52(34-27-28-38-37-19-6-9-26-47(37)53-48(38)31-34)46-30-29-40-36-18-5-8-23-43(36)51(45-25-12-21-41(46)50(40)45)42-22-7-4-17-35(42)39-20-10-13-32-14-11-24-44(51)49(32)39/h1-31H. The molecule has 0 N–H and O–H groups in total. The molecule has 2 aliphatic rings. The first-order chi connectivity index (χ1) is 26.3. The van der Waals surface area contributed by atoms with Crippen molar-refractivity contribution in [2.45, 2.75) is 5.41 Å². The quantitative estimate of drug-likeness (QED) is 0.186. The number of rotatable bonds is 3. The molecular weight excluding hydrogens is 643 g/mol. The average Bonchev–Trinajstić information content (AvgIpc) is 3.60. The van der Waals surface area contributed by atoms with Gasteiger partial charge in [0.25, 0.3) is 0 Å². The molecule has 1 atom stereocenters. The predicted molar refractivity (Wildman–Crippen MR) is 220 cm³/mol. The van der Waals surface area contributed by atoms with E-state index in [-0.39, 0.29) is 0 Å². The Bertz CT molecular complexity index is 3130. The lowest BCUT2D eigenvalue weighted by atomic mass is 9.55. The van der Waals surface area contributed by atoms with Crippen LogP contribution in [0.25, 0.3) is 65.7 Å². The van der Waals surface area contributed by atoms with E-state index < -0.39 is 5.41 Å². The highest BCUT2D eigenvalue weighted by Gasteiger charge is 2.48. The zero-order valence-electron chi connectivity index (χ0n) is 28.8. The molecule has 1 aromatic heterocycles. The van der Waals surface area contributed by atoms with Crippen molar-refractivity contribution in [3.05, 3.63) is 210 Å². The van der Waals surface area contributed by atoms with Crippen molar-refractivity contribution >= 4 is 60.5 Å². The normalized spacial score (nSPS) is 15.2. The fourth-order valence-corrected chi connectivity index (χ4v) is 9.82. The van der Waals surface area contributed by atoms with Crippen LogP contribution in [0, 0.1) is 0 Å². The third kappa shape index (κ3) is 3.72. The molecule has 0 aliphatic heterocycles. The first-order valence-electron chi connectivity index (χ1n) is 18.4. The van der Waals surface area contributed by atoms with E-state index in [1.165, 1.54) is 66.1 Å². The molecule has 2 nitrogen and oxygen atoms in total. The summed E-state index contributed by atoms with van der Waals surface area (Å²) in [5.74, 6) is 0. The molecule has 1 heterocycles. The lowest BCUT2D eigenvalue weighted by molar-refractivity contribution is 0.669. The van der Waals surface area contributed by atoms with Gasteiger partial charge in [0.1, 0.15) is 11.2 Å². The Balaban J connectivity index is 1.20. The highest BCUT2D eigenvalue weighted by Crippen LogP contribution is 2.61. The van der Waals surface area contributed by atoms with Crippen LogP contribution in [-0.4, -0.2) is 0 Å². The van der Waals surface area contributed by atoms with Gasteiger partial charge in [-0.25, -0.2) is 0 Å². The van der Waals surface area contributed by atoms with Gasteiger partial charge in [-0.05, 0) is 97.1 Å². The Morgan fingerprint density at radius 1 is 0.358 bits per heavy atom. The zero-order chi connectivity index (χ0) is 34.7. The molecule has 1 unspecified atom stereocenters. The van der Waals surface area contributed by atoms with Gasteiger partial charge >= 0.3 is 0 Å². The van der Waals surface area contributed by atoms with E-state index in [1.807, 2.05) is 12.1 Å². The van der Waals surface area contributed by atoms with E-state index in [0.717, 1.165) is 39.0 Å². The monoisotopic (exact) mass is 673 g/mol. The number of para-hydroxylation sites is 2. The van der Waals surface area contributed by atoms with Crippen LogP contribution in [0.1, 0.15) is 22.3 Å². The SMILES string of the molecule is c1ccc(N(c2ccc3c(c2)oc2ccccc23)c2ccc3c4c(cccc24)C2(c4ccccc4-c4cccc5cccc2c45)c2ccccc2-3)cc1. The van der Waals surface area contributed by atoms with Crippen molar-refractivity contribution in [1.82, 2.24) is 0 Å². The largest absolute Gasteiger partial charge is 0.456 e. The second kappa shape index (κ2) is 10.6. The molecule has 53 heavy (non-hydrogen) atoms. The number of hydrogen-bond donors (Lipinski definition) is 0. The summed E-state index contributed by atoms with van der Waals surface area (Å²) in [6, 6.07) is 69.2. The Hall–Kier alpha value is -6.90. The summed E-state index contributed by atoms with van der Waals surface area (Å²) >= 11 is 0. The molecular formula is C51H31NO. The number of fused-ring (bicyclic) bond motifs is 11. The second-order valence-corrected chi connectivity index (χ2v) is 14.4. The minimum Gasteiger partial charge on any atom is -0.456 e. The first-order valence-corrected chi connectivity index (χ1v) is 18.4. The Kier molecular flexibility index (Phi) is 5.73. The average molecular weight is 674 g/mol. The Morgan fingerprint density at radius 3 is 1.75 bits per heavy atom. The molecule has 9 aromatic carbocycles. The smallest absolute Gasteiger partial charge is 0.137 e. The minimum absolute atomic E-state index is 0.517. The molecule has 0 radical (unpaired) electrons. The molecule has 246 valence electrons. The predicted octanol–water partition coefficient (Wildman–Crippen LogP) is 13.7. The van der Waals surface area contributed by atoms with Gasteiger partial charge in [0, 0.05) is 33.6 Å². The Labute approximate surface area is 306 Å². The summed E-state index contributed by atoms with van der Waals surface area (Å²) in [7, 11) is 0. The molecule has 0 bridgehead atoms. The van der Waals surface area contributed by atoms with Crippen LogP contribution in [-0.2, 0) is 5.41 Å². The van der Waals surface area contributed by atoms with Gasteiger partial charge in [0.2, 0.25) is 0 Å². The van der Waals surface area contributed by atoms with Crippen molar-refractivity contribution in [3.8, 4) is 22.3 Å². The third-order valence-electron chi connectivity index (χ3n) is 11.8. The second-order valence-electron chi connectivity index (χ2n) is 14.4. The van der Waals surface area contributed by atoms with Crippen molar-refractivity contribution < 1.29 is 4.42 Å². The molecule has 2 heteroatoms. The highest BCUT2D eigenvalue weighted by molar-refractivity contribution is 6.14. The highest BCUT2D eigenvalue weighted by atomic mass is 16.3. The van der Waals surface area contributed by atoms with Gasteiger partial charge < -0.3 is 9.32 Å². The van der Waals surface area contributed by atoms with Crippen LogP contribution in [0.3, 0.4) is 0 Å². The topological polar surface area (TPSA) is 16.4 Å². The zero-order valence-corrected chi connectivity index (χ0v) is 28.8. The van der Waals surface area contributed by atoms with Crippen LogP contribution in [0.15, 0.2) is 192 Å². The van der Waals surface area contributed by atoms with Crippen LogP contribution < -0.4 is 4.90 Å². The van der Waals surface area contributed by atoms with Gasteiger partial charge in [-0.2, -0.15) is 0 Å². The van der Waals surface area contributed by atoms with Crippen molar-refractivity contribution in [2.75, 3.05) is 4.90 Å². The number of anilines is 3. The van der Waals surface area contributed by atoms with E-state index >= 15 is 0 Å². The third-order valence-corrected chi connectivity index (χ3v) is 11.8. The van der Waals surface area contributed by atoms with E-state index in [4.69, 9.17) is 4.42 Å². The van der Waals surface area contributed by atoms with Crippen LogP contribution in [0.5, 0.6) is 0 Å². The lowest BCUT2D eigenvalue weighted by Gasteiger charge is -2.46. The molecule has 0 fully saturated rings. The fraction of sp³-hybridized carbons (Fsp3) is 0.0196. The number of hydrogen-bond acceptors (Lipinski definition) is 2. The molecule has 12 rings (SSSR count). The Morgan fingerprint density at radius 2 is 0.943 bits per heavy atom. The summed E-state index contributed by atoms with van der Waals surface area (Å²) in [6.45, 7) is 0. The first kappa shape index (κ1) is 28.8. The molecule has 10 aromatic rings. The summed E-state index contributed by atoms with van der Waals surface area (Å²) in [4.78, 5) is 2.40. The maximum atomic E-state index is 6.44. The fourth-order valence-electron chi connectivity index (χ4n) is 9.82. The van der Waals surface area contributed by atoms with Gasteiger partial charge in [0.05, 0.1) is 11.1 Å². The summed E-state index contributed by atoms with van der Waals surface area (Å²) < 4.78 is 6.44. The van der Waals surface area contributed by atoms with Gasteiger partial charge in [-0.1, -0.05) is 146 Å². The van der Waals surface area contributed by atoms with Gasteiger partial charge in [0.15, 0.2) is 0 Å².